The average Bonchev–Trinajstić information content (AvgIpc) is 3.20. The van der Waals surface area contributed by atoms with Crippen LogP contribution < -0.4 is 10.1 Å². The van der Waals surface area contributed by atoms with Crippen LogP contribution in [0.25, 0.3) is 0 Å². The summed E-state index contributed by atoms with van der Waals surface area (Å²) in [6.07, 6.45) is 5.40. The number of benzene rings is 1. The maximum Gasteiger partial charge on any atom is 0.119 e. The Morgan fingerprint density at radius 1 is 1.44 bits per heavy atom. The Bertz CT molecular complexity index is 390. The molecule has 100 valence electrons. The van der Waals surface area contributed by atoms with Gasteiger partial charge in [-0.15, -0.1) is 0 Å². The first kappa shape index (κ1) is 13.9. The second-order valence-corrected chi connectivity index (χ2v) is 5.98. The zero-order valence-electron chi connectivity index (χ0n) is 11.2. The normalized spacial score (nSPS) is 16.6. The van der Waals surface area contributed by atoms with Gasteiger partial charge in [0.15, 0.2) is 0 Å². The molecule has 1 fully saturated rings. The van der Waals surface area contributed by atoms with Crippen LogP contribution in [0.4, 0.5) is 0 Å². The topological polar surface area (TPSA) is 21.3 Å². The van der Waals surface area contributed by atoms with Crippen LogP contribution in [0.5, 0.6) is 5.75 Å². The van der Waals surface area contributed by atoms with E-state index >= 15 is 0 Å². The summed E-state index contributed by atoms with van der Waals surface area (Å²) in [5, 5.41) is 3.66. The van der Waals surface area contributed by atoms with Crippen molar-refractivity contribution in [2.45, 2.75) is 45.2 Å². The molecule has 1 aromatic carbocycles. The molecule has 0 amide bonds. The van der Waals surface area contributed by atoms with E-state index in [-0.39, 0.29) is 0 Å². The van der Waals surface area contributed by atoms with Crippen molar-refractivity contribution in [1.29, 1.82) is 0 Å². The number of ether oxygens (including phenoxy) is 1. The highest BCUT2D eigenvalue weighted by Crippen LogP contribution is 2.34. The summed E-state index contributed by atoms with van der Waals surface area (Å²) in [5.74, 6) is 1.90. The van der Waals surface area contributed by atoms with Gasteiger partial charge in [0.1, 0.15) is 5.75 Å². The number of hydrogen-bond acceptors (Lipinski definition) is 2. The Hall–Kier alpha value is -0.540. The zero-order valence-corrected chi connectivity index (χ0v) is 12.8. The molecule has 1 aliphatic carbocycles. The van der Waals surface area contributed by atoms with Crippen molar-refractivity contribution in [3.63, 3.8) is 0 Å². The molecule has 1 N–H and O–H groups in total. The van der Waals surface area contributed by atoms with Crippen molar-refractivity contribution in [3.05, 3.63) is 28.2 Å². The second kappa shape index (κ2) is 6.58. The minimum atomic E-state index is 0.649. The largest absolute Gasteiger partial charge is 0.497 e. The highest BCUT2D eigenvalue weighted by atomic mass is 79.9. The van der Waals surface area contributed by atoms with Gasteiger partial charge >= 0.3 is 0 Å². The van der Waals surface area contributed by atoms with Gasteiger partial charge in [-0.25, -0.2) is 0 Å². The van der Waals surface area contributed by atoms with Crippen molar-refractivity contribution in [2.24, 2.45) is 5.92 Å². The van der Waals surface area contributed by atoms with E-state index in [2.05, 4.69) is 40.3 Å². The van der Waals surface area contributed by atoms with Gasteiger partial charge in [-0.1, -0.05) is 35.7 Å². The lowest BCUT2D eigenvalue weighted by Gasteiger charge is -2.17. The van der Waals surface area contributed by atoms with Crippen LogP contribution in [-0.2, 0) is 6.54 Å². The van der Waals surface area contributed by atoms with E-state index in [9.17, 15) is 0 Å². The smallest absolute Gasteiger partial charge is 0.119 e. The van der Waals surface area contributed by atoms with Gasteiger partial charge in [0.05, 0.1) is 7.11 Å². The van der Waals surface area contributed by atoms with Crippen molar-refractivity contribution < 1.29 is 4.74 Å². The van der Waals surface area contributed by atoms with Gasteiger partial charge in [0, 0.05) is 17.1 Å². The van der Waals surface area contributed by atoms with Gasteiger partial charge < -0.3 is 10.1 Å². The summed E-state index contributed by atoms with van der Waals surface area (Å²) in [4.78, 5) is 0. The van der Waals surface area contributed by atoms with E-state index in [0.717, 1.165) is 22.7 Å². The quantitative estimate of drug-likeness (QED) is 0.817. The molecule has 0 saturated heterocycles. The number of hydrogen-bond donors (Lipinski definition) is 1. The van der Waals surface area contributed by atoms with Crippen LogP contribution >= 0.6 is 15.9 Å². The molecule has 1 aliphatic rings. The molecule has 0 bridgehead atoms. The van der Waals surface area contributed by atoms with Crippen LogP contribution in [0.15, 0.2) is 22.7 Å². The Morgan fingerprint density at radius 3 is 2.83 bits per heavy atom. The van der Waals surface area contributed by atoms with E-state index in [1.54, 1.807) is 7.11 Å². The van der Waals surface area contributed by atoms with Gasteiger partial charge in [-0.3, -0.25) is 0 Å². The minimum Gasteiger partial charge on any atom is -0.497 e. The van der Waals surface area contributed by atoms with Gasteiger partial charge in [-0.05, 0) is 42.5 Å². The van der Waals surface area contributed by atoms with Gasteiger partial charge in [0.25, 0.3) is 0 Å². The Kier molecular flexibility index (Phi) is 5.07. The van der Waals surface area contributed by atoms with Crippen LogP contribution in [0.3, 0.4) is 0 Å². The van der Waals surface area contributed by atoms with E-state index < -0.39 is 0 Å². The molecule has 0 aliphatic heterocycles. The molecule has 0 aromatic heterocycles. The third-order valence-electron chi connectivity index (χ3n) is 3.64. The lowest BCUT2D eigenvalue weighted by Crippen LogP contribution is -2.28. The monoisotopic (exact) mass is 311 g/mol. The summed E-state index contributed by atoms with van der Waals surface area (Å²) in [5.41, 5.74) is 1.27. The first-order valence-corrected chi connectivity index (χ1v) is 7.58. The molecule has 1 atom stereocenters. The van der Waals surface area contributed by atoms with E-state index in [1.807, 2.05) is 6.07 Å². The zero-order chi connectivity index (χ0) is 13.0. The van der Waals surface area contributed by atoms with E-state index in [4.69, 9.17) is 4.74 Å². The third kappa shape index (κ3) is 3.99. The lowest BCUT2D eigenvalue weighted by atomic mass is 10.1. The molecule has 1 saturated carbocycles. The summed E-state index contributed by atoms with van der Waals surface area (Å²) < 4.78 is 6.42. The van der Waals surface area contributed by atoms with Gasteiger partial charge in [0.2, 0.25) is 0 Å². The first-order chi connectivity index (χ1) is 8.72. The van der Waals surface area contributed by atoms with E-state index in [1.165, 1.54) is 31.2 Å². The maximum atomic E-state index is 5.27. The second-order valence-electron chi connectivity index (χ2n) is 5.12. The van der Waals surface area contributed by atoms with Crippen LogP contribution in [-0.4, -0.2) is 13.2 Å². The number of nitrogens with one attached hydrogen (secondary N) is 1. The lowest BCUT2D eigenvalue weighted by molar-refractivity contribution is 0.412. The SMILES string of the molecule is CCC(CC1CC1)NCc1cc(OC)ccc1Br. The fourth-order valence-electron chi connectivity index (χ4n) is 2.22. The molecule has 0 heterocycles. The first-order valence-electron chi connectivity index (χ1n) is 6.78. The molecular formula is C15H22BrNO. The number of methoxy groups -OCH3 is 1. The maximum absolute atomic E-state index is 5.27. The summed E-state index contributed by atoms with van der Waals surface area (Å²) in [6.45, 7) is 3.17. The minimum absolute atomic E-state index is 0.649. The fourth-order valence-corrected chi connectivity index (χ4v) is 2.60. The van der Waals surface area contributed by atoms with Crippen molar-refractivity contribution >= 4 is 15.9 Å². The molecule has 0 radical (unpaired) electrons. The summed E-state index contributed by atoms with van der Waals surface area (Å²) >= 11 is 3.60. The van der Waals surface area contributed by atoms with Gasteiger partial charge in [-0.2, -0.15) is 0 Å². The van der Waals surface area contributed by atoms with Crippen molar-refractivity contribution in [1.82, 2.24) is 5.32 Å². The number of halogens is 1. The molecule has 1 aromatic rings. The van der Waals surface area contributed by atoms with Crippen LogP contribution in [0.2, 0.25) is 0 Å². The molecule has 2 rings (SSSR count). The molecule has 2 nitrogen and oxygen atoms in total. The average molecular weight is 312 g/mol. The van der Waals surface area contributed by atoms with Crippen molar-refractivity contribution in [2.75, 3.05) is 7.11 Å². The van der Waals surface area contributed by atoms with Crippen LogP contribution in [0.1, 0.15) is 38.2 Å². The number of rotatable bonds is 7. The Morgan fingerprint density at radius 2 is 2.22 bits per heavy atom. The Labute approximate surface area is 118 Å². The highest BCUT2D eigenvalue weighted by Gasteiger charge is 2.24. The van der Waals surface area contributed by atoms with E-state index in [0.29, 0.717) is 6.04 Å². The summed E-state index contributed by atoms with van der Waals surface area (Å²) in [6, 6.07) is 6.78. The predicted molar refractivity (Wildman–Crippen MR) is 79.0 cm³/mol. The molecular weight excluding hydrogens is 290 g/mol. The van der Waals surface area contributed by atoms with Crippen LogP contribution in [0, 0.1) is 5.92 Å². The fraction of sp³-hybridized carbons (Fsp3) is 0.600. The summed E-state index contributed by atoms with van der Waals surface area (Å²) in [7, 11) is 1.71. The molecule has 18 heavy (non-hydrogen) atoms. The standard InChI is InChI=1S/C15H22BrNO/c1-3-13(8-11-4-5-11)17-10-12-9-14(18-2)6-7-15(12)16/h6-7,9,11,13,17H,3-5,8,10H2,1-2H3. The third-order valence-corrected chi connectivity index (χ3v) is 4.42. The van der Waals surface area contributed by atoms with Crippen molar-refractivity contribution in [3.8, 4) is 5.75 Å². The molecule has 0 spiro atoms. The Balaban J connectivity index is 1.90. The highest BCUT2D eigenvalue weighted by molar-refractivity contribution is 9.10. The predicted octanol–water partition coefficient (Wildman–Crippen LogP) is 4.13. The molecule has 3 heteroatoms. The molecule has 1 unspecified atom stereocenters.